The molecule has 1 N–H and O–H groups in total. The molecule has 0 unspecified atom stereocenters. The highest BCUT2D eigenvalue weighted by Gasteiger charge is 2.34. The summed E-state index contributed by atoms with van der Waals surface area (Å²) in [6.45, 7) is -0.309. The number of aliphatic carboxylic acids is 1. The van der Waals surface area contributed by atoms with Gasteiger partial charge >= 0.3 is 5.97 Å². The van der Waals surface area contributed by atoms with E-state index in [1.54, 1.807) is 10.6 Å². The van der Waals surface area contributed by atoms with Crippen molar-refractivity contribution >= 4 is 38.7 Å². The molecule has 4 rings (SSSR count). The van der Waals surface area contributed by atoms with Crippen molar-refractivity contribution in [2.24, 2.45) is 0 Å². The molecule has 30 heavy (non-hydrogen) atoms. The van der Waals surface area contributed by atoms with E-state index in [2.05, 4.69) is 0 Å². The van der Waals surface area contributed by atoms with Crippen LogP contribution in [0, 0.1) is 11.6 Å². The Morgan fingerprint density at radius 1 is 1.23 bits per heavy atom. The van der Waals surface area contributed by atoms with Crippen molar-refractivity contribution in [1.29, 1.82) is 0 Å². The Balaban J connectivity index is 1.74. The number of nitrogens with zero attached hydrogens (tertiary/aromatic N) is 2. The minimum atomic E-state index is -3.87. The lowest BCUT2D eigenvalue weighted by Gasteiger charge is -2.30. The number of likely N-dealkylation sites (N-methyl/N-ethyl adjacent to an activating group) is 1. The monoisotopic (exact) mass is 452 g/mol. The van der Waals surface area contributed by atoms with Crippen molar-refractivity contribution in [3.63, 3.8) is 0 Å². The van der Waals surface area contributed by atoms with Gasteiger partial charge in [0.1, 0.15) is 18.2 Å². The molecule has 2 aromatic carbocycles. The highest BCUT2D eigenvalue weighted by atomic mass is 32.2. The van der Waals surface area contributed by atoms with Gasteiger partial charge in [0.15, 0.2) is 0 Å². The van der Waals surface area contributed by atoms with Gasteiger partial charge in [0.05, 0.1) is 15.4 Å². The summed E-state index contributed by atoms with van der Waals surface area (Å²) in [6, 6.07) is 8.61. The summed E-state index contributed by atoms with van der Waals surface area (Å²) in [6.07, 6.45) is 0.239. The molecule has 0 aliphatic carbocycles. The summed E-state index contributed by atoms with van der Waals surface area (Å²) in [5.74, 6) is -1.67. The van der Waals surface area contributed by atoms with E-state index in [0.717, 1.165) is 12.1 Å². The number of carbonyl (C=O) groups is 1. The van der Waals surface area contributed by atoms with E-state index < -0.39 is 33.7 Å². The van der Waals surface area contributed by atoms with Crippen LogP contribution < -0.4 is 0 Å². The van der Waals surface area contributed by atoms with Gasteiger partial charge in [-0.05, 0) is 48.4 Å². The Hall–Kier alpha value is -2.43. The minimum Gasteiger partial charge on any atom is -0.480 e. The maximum absolute atomic E-state index is 14.7. The van der Waals surface area contributed by atoms with Crippen LogP contribution in [0.4, 0.5) is 8.78 Å². The lowest BCUT2D eigenvalue weighted by atomic mass is 10.1. The van der Waals surface area contributed by atoms with Crippen LogP contribution in [0.15, 0.2) is 52.4 Å². The number of carboxylic acids is 1. The topological polar surface area (TPSA) is 79.6 Å². The van der Waals surface area contributed by atoms with E-state index >= 15 is 0 Å². The van der Waals surface area contributed by atoms with Crippen molar-refractivity contribution in [3.8, 4) is 0 Å². The number of sulfonamides is 1. The molecule has 1 atom stereocenters. The fourth-order valence-corrected chi connectivity index (χ4v) is 6.55. The summed E-state index contributed by atoms with van der Waals surface area (Å²) in [5, 5.41) is 10.2. The van der Waals surface area contributed by atoms with Gasteiger partial charge in [0, 0.05) is 24.2 Å². The Kier molecular flexibility index (Phi) is 5.33. The number of fused-ring (bicyclic) bond motifs is 3. The first-order valence-corrected chi connectivity index (χ1v) is 11.5. The standard InChI is InChI=1S/C20H18F2N2O4S2/c1-23(30(27,28)14-7-5-12(21)6-8-14)13-9-15-19-16(22)3-2-4-17(19)24(10-18(25)26)20(15)29-11-13/h2-8,13H,9-11H2,1H3,(H,25,26)/t13-/m0/s1. The summed E-state index contributed by atoms with van der Waals surface area (Å²) in [5.41, 5.74) is 1.08. The molecular weight excluding hydrogens is 434 g/mol. The minimum absolute atomic E-state index is 0.0262. The highest BCUT2D eigenvalue weighted by molar-refractivity contribution is 7.99. The Bertz CT molecular complexity index is 1240. The quantitative estimate of drug-likeness (QED) is 0.642. The SMILES string of the molecule is CN([C@@H]1CSc2c(c3c(F)cccc3n2CC(=O)O)C1)S(=O)(=O)c1ccc(F)cc1. The van der Waals surface area contributed by atoms with Gasteiger partial charge in [-0.2, -0.15) is 4.31 Å². The van der Waals surface area contributed by atoms with E-state index in [-0.39, 0.29) is 17.9 Å². The number of hydrogen-bond donors (Lipinski definition) is 1. The second-order valence-electron chi connectivity index (χ2n) is 7.04. The van der Waals surface area contributed by atoms with Crippen LogP contribution >= 0.6 is 11.8 Å². The van der Waals surface area contributed by atoms with E-state index in [1.165, 1.54) is 47.4 Å². The summed E-state index contributed by atoms with van der Waals surface area (Å²) < 4.78 is 56.6. The molecule has 1 aliphatic heterocycles. The molecule has 0 saturated heterocycles. The molecule has 3 aromatic rings. The number of thioether (sulfide) groups is 1. The zero-order valence-corrected chi connectivity index (χ0v) is 17.5. The Morgan fingerprint density at radius 3 is 2.60 bits per heavy atom. The van der Waals surface area contributed by atoms with Crippen molar-refractivity contribution in [2.45, 2.75) is 28.9 Å². The van der Waals surface area contributed by atoms with Crippen molar-refractivity contribution in [3.05, 3.63) is 59.7 Å². The molecule has 0 bridgehead atoms. The fraction of sp³-hybridized carbons (Fsp3) is 0.250. The highest BCUT2D eigenvalue weighted by Crippen LogP contribution is 2.40. The largest absolute Gasteiger partial charge is 0.480 e. The predicted octanol–water partition coefficient (Wildman–Crippen LogP) is 3.34. The molecule has 6 nitrogen and oxygen atoms in total. The van der Waals surface area contributed by atoms with E-state index in [9.17, 15) is 27.1 Å². The Morgan fingerprint density at radius 2 is 1.93 bits per heavy atom. The van der Waals surface area contributed by atoms with Crippen LogP contribution in [0.3, 0.4) is 0 Å². The zero-order chi connectivity index (χ0) is 21.6. The smallest absolute Gasteiger partial charge is 0.323 e. The lowest BCUT2D eigenvalue weighted by molar-refractivity contribution is -0.137. The maximum Gasteiger partial charge on any atom is 0.323 e. The van der Waals surface area contributed by atoms with Gasteiger partial charge in [-0.15, -0.1) is 11.8 Å². The number of hydrogen-bond acceptors (Lipinski definition) is 4. The number of carboxylic acid groups (broad SMARTS) is 1. The summed E-state index contributed by atoms with van der Waals surface area (Å²) in [4.78, 5) is 11.3. The third kappa shape index (κ3) is 3.48. The van der Waals surface area contributed by atoms with E-state index in [4.69, 9.17) is 0 Å². The molecule has 0 saturated carbocycles. The molecular formula is C20H18F2N2O4S2. The third-order valence-electron chi connectivity index (χ3n) is 5.24. The Labute approximate surface area is 176 Å². The average Bonchev–Trinajstić information content (AvgIpc) is 3.01. The number of halogens is 2. The van der Waals surface area contributed by atoms with Crippen molar-refractivity contribution in [1.82, 2.24) is 8.87 Å². The average molecular weight is 453 g/mol. The number of benzene rings is 2. The van der Waals surface area contributed by atoms with Gasteiger partial charge in [-0.3, -0.25) is 4.79 Å². The lowest BCUT2D eigenvalue weighted by Crippen LogP contribution is -2.41. The van der Waals surface area contributed by atoms with E-state index in [0.29, 0.717) is 27.2 Å². The van der Waals surface area contributed by atoms with Crippen LogP contribution in [0.5, 0.6) is 0 Å². The van der Waals surface area contributed by atoms with Crippen molar-refractivity contribution < 1.29 is 27.1 Å². The molecule has 0 radical (unpaired) electrons. The molecule has 2 heterocycles. The first kappa shape index (κ1) is 20.8. The first-order chi connectivity index (χ1) is 14.2. The van der Waals surface area contributed by atoms with Gasteiger partial charge < -0.3 is 9.67 Å². The second kappa shape index (κ2) is 7.68. The molecule has 158 valence electrons. The maximum atomic E-state index is 14.7. The van der Waals surface area contributed by atoms with E-state index in [1.807, 2.05) is 0 Å². The molecule has 0 fully saturated rings. The summed E-state index contributed by atoms with van der Waals surface area (Å²) in [7, 11) is -2.43. The number of aromatic nitrogens is 1. The molecule has 0 spiro atoms. The van der Waals surface area contributed by atoms with Crippen LogP contribution in [-0.2, 0) is 27.8 Å². The molecule has 0 amide bonds. The zero-order valence-electron chi connectivity index (χ0n) is 15.9. The van der Waals surface area contributed by atoms with Crippen LogP contribution in [0.25, 0.3) is 10.9 Å². The van der Waals surface area contributed by atoms with Crippen LogP contribution in [0.2, 0.25) is 0 Å². The van der Waals surface area contributed by atoms with Gasteiger partial charge in [-0.25, -0.2) is 17.2 Å². The van der Waals surface area contributed by atoms with Gasteiger partial charge in [0.2, 0.25) is 10.0 Å². The molecule has 10 heteroatoms. The summed E-state index contributed by atoms with van der Waals surface area (Å²) >= 11 is 1.31. The fourth-order valence-electron chi connectivity index (χ4n) is 3.73. The molecule has 1 aromatic heterocycles. The normalized spacial score (nSPS) is 16.7. The van der Waals surface area contributed by atoms with Gasteiger partial charge in [-0.1, -0.05) is 6.07 Å². The van der Waals surface area contributed by atoms with Crippen molar-refractivity contribution in [2.75, 3.05) is 12.8 Å². The van der Waals surface area contributed by atoms with Crippen LogP contribution in [0.1, 0.15) is 5.56 Å². The van der Waals surface area contributed by atoms with Gasteiger partial charge in [0.25, 0.3) is 0 Å². The second-order valence-corrected chi connectivity index (χ2v) is 10.0. The number of rotatable bonds is 5. The third-order valence-corrected chi connectivity index (χ3v) is 8.45. The van der Waals surface area contributed by atoms with Crippen LogP contribution in [-0.4, -0.2) is 47.2 Å². The predicted molar refractivity (Wildman–Crippen MR) is 109 cm³/mol. The first-order valence-electron chi connectivity index (χ1n) is 9.08. The molecule has 1 aliphatic rings.